The largest absolute Gasteiger partial charge is 0.452 e. The maximum Gasteiger partial charge on any atom is 0.339 e. The van der Waals surface area contributed by atoms with Crippen LogP contribution in [-0.2, 0) is 14.3 Å². The molecule has 162 valence electrons. The van der Waals surface area contributed by atoms with E-state index in [9.17, 15) is 9.59 Å². The minimum atomic E-state index is -0.567. The summed E-state index contributed by atoms with van der Waals surface area (Å²) in [5, 5.41) is 5.01. The summed E-state index contributed by atoms with van der Waals surface area (Å²) in [6.45, 7) is 7.09. The Labute approximate surface area is 180 Å². The molecule has 3 heterocycles. The van der Waals surface area contributed by atoms with E-state index in [1.807, 2.05) is 51.1 Å². The van der Waals surface area contributed by atoms with Crippen molar-refractivity contribution >= 4 is 22.9 Å². The fourth-order valence-electron chi connectivity index (χ4n) is 3.66. The molecule has 0 aliphatic carbocycles. The molecule has 8 nitrogen and oxygen atoms in total. The minimum Gasteiger partial charge on any atom is -0.452 e. The molecule has 1 aromatic carbocycles. The number of esters is 1. The van der Waals surface area contributed by atoms with Crippen molar-refractivity contribution in [1.82, 2.24) is 19.7 Å². The normalized spacial score (nSPS) is 16.6. The van der Waals surface area contributed by atoms with Gasteiger partial charge in [0.05, 0.1) is 35.6 Å². The molecule has 3 aromatic rings. The van der Waals surface area contributed by atoms with Gasteiger partial charge in [0.2, 0.25) is 0 Å². The van der Waals surface area contributed by atoms with Crippen molar-refractivity contribution in [3.05, 3.63) is 48.2 Å². The van der Waals surface area contributed by atoms with Crippen LogP contribution in [0.3, 0.4) is 0 Å². The van der Waals surface area contributed by atoms with Gasteiger partial charge in [-0.15, -0.1) is 0 Å². The summed E-state index contributed by atoms with van der Waals surface area (Å²) in [7, 11) is 0. The third-order valence-electron chi connectivity index (χ3n) is 5.27. The number of hydrogen-bond donors (Lipinski definition) is 0. The topological polar surface area (TPSA) is 86.5 Å². The Hall–Kier alpha value is -3.26. The van der Waals surface area contributed by atoms with Gasteiger partial charge in [0, 0.05) is 24.7 Å². The van der Waals surface area contributed by atoms with E-state index in [1.165, 1.54) is 0 Å². The SMILES string of the molecule is CC1CN(C(=O)COC(=O)c2cc(-c3ccccc3)nc3c2cnn3C(C)C)CCO1. The molecular formula is C23H26N4O4. The van der Waals surface area contributed by atoms with Crippen LogP contribution in [0.15, 0.2) is 42.6 Å². The molecule has 0 bridgehead atoms. The molecule has 1 aliphatic heterocycles. The van der Waals surface area contributed by atoms with Crippen LogP contribution in [0.1, 0.15) is 37.2 Å². The van der Waals surface area contributed by atoms with E-state index >= 15 is 0 Å². The summed E-state index contributed by atoms with van der Waals surface area (Å²) < 4.78 is 12.6. The minimum absolute atomic E-state index is 0.0245. The number of morpholine rings is 1. The Morgan fingerprint density at radius 1 is 1.26 bits per heavy atom. The average Bonchev–Trinajstić information content (AvgIpc) is 3.21. The first kappa shape index (κ1) is 21.0. The van der Waals surface area contributed by atoms with Crippen LogP contribution in [0.25, 0.3) is 22.3 Å². The van der Waals surface area contributed by atoms with Crippen LogP contribution < -0.4 is 0 Å². The fraction of sp³-hybridized carbons (Fsp3) is 0.391. The number of rotatable bonds is 5. The van der Waals surface area contributed by atoms with Crippen molar-refractivity contribution in [2.45, 2.75) is 32.9 Å². The van der Waals surface area contributed by atoms with E-state index in [4.69, 9.17) is 14.5 Å². The Bertz CT molecular complexity index is 1090. The highest BCUT2D eigenvalue weighted by Crippen LogP contribution is 2.26. The third kappa shape index (κ3) is 4.44. The van der Waals surface area contributed by atoms with Crippen LogP contribution >= 0.6 is 0 Å². The smallest absolute Gasteiger partial charge is 0.339 e. The first-order chi connectivity index (χ1) is 14.9. The lowest BCUT2D eigenvalue weighted by Crippen LogP contribution is -2.46. The quantitative estimate of drug-likeness (QED) is 0.588. The average molecular weight is 422 g/mol. The van der Waals surface area contributed by atoms with E-state index in [0.717, 1.165) is 5.56 Å². The molecule has 0 spiro atoms. The van der Waals surface area contributed by atoms with Crippen LogP contribution in [0.2, 0.25) is 0 Å². The van der Waals surface area contributed by atoms with Crippen molar-refractivity contribution in [2.75, 3.05) is 26.3 Å². The molecule has 1 unspecified atom stereocenters. The molecule has 8 heteroatoms. The summed E-state index contributed by atoms with van der Waals surface area (Å²) in [5.74, 6) is -0.794. The van der Waals surface area contributed by atoms with Crippen LogP contribution in [0.5, 0.6) is 0 Å². The molecule has 1 saturated heterocycles. The van der Waals surface area contributed by atoms with Crippen LogP contribution in [0.4, 0.5) is 0 Å². The van der Waals surface area contributed by atoms with Gasteiger partial charge < -0.3 is 14.4 Å². The lowest BCUT2D eigenvalue weighted by Gasteiger charge is -2.30. The van der Waals surface area contributed by atoms with Crippen molar-refractivity contribution < 1.29 is 19.1 Å². The van der Waals surface area contributed by atoms with E-state index in [0.29, 0.717) is 42.0 Å². The monoisotopic (exact) mass is 422 g/mol. The van der Waals surface area contributed by atoms with Gasteiger partial charge in [-0.25, -0.2) is 14.5 Å². The predicted molar refractivity (Wildman–Crippen MR) is 116 cm³/mol. The highest BCUT2D eigenvalue weighted by atomic mass is 16.5. The number of ether oxygens (including phenoxy) is 2. The maximum absolute atomic E-state index is 13.0. The van der Waals surface area contributed by atoms with Gasteiger partial charge in [-0.2, -0.15) is 5.10 Å². The zero-order chi connectivity index (χ0) is 22.0. The second-order valence-corrected chi connectivity index (χ2v) is 7.94. The Balaban J connectivity index is 1.62. The summed E-state index contributed by atoms with van der Waals surface area (Å²) >= 11 is 0. The fourth-order valence-corrected chi connectivity index (χ4v) is 3.66. The summed E-state index contributed by atoms with van der Waals surface area (Å²) in [6, 6.07) is 11.4. The lowest BCUT2D eigenvalue weighted by atomic mass is 10.1. The van der Waals surface area contributed by atoms with Crippen LogP contribution in [-0.4, -0.2) is 63.9 Å². The second-order valence-electron chi connectivity index (χ2n) is 7.94. The van der Waals surface area contributed by atoms with Gasteiger partial charge in [-0.05, 0) is 26.8 Å². The standard InChI is InChI=1S/C23H26N4O4/c1-15(2)27-22-19(12-24-27)18(11-20(25-22)17-7-5-4-6-8-17)23(29)31-14-21(28)26-9-10-30-16(3)13-26/h4-8,11-12,15-16H,9-10,13-14H2,1-3H3. The molecule has 1 fully saturated rings. The molecule has 0 N–H and O–H groups in total. The molecule has 1 atom stereocenters. The Morgan fingerprint density at radius 2 is 2.03 bits per heavy atom. The van der Waals surface area contributed by atoms with Crippen LogP contribution in [0, 0.1) is 0 Å². The van der Waals surface area contributed by atoms with E-state index in [2.05, 4.69) is 5.10 Å². The van der Waals surface area contributed by atoms with Gasteiger partial charge in [-0.1, -0.05) is 30.3 Å². The zero-order valence-corrected chi connectivity index (χ0v) is 17.9. The first-order valence-electron chi connectivity index (χ1n) is 10.4. The Morgan fingerprint density at radius 3 is 2.74 bits per heavy atom. The summed E-state index contributed by atoms with van der Waals surface area (Å²) in [4.78, 5) is 31.9. The highest BCUT2D eigenvalue weighted by Gasteiger charge is 2.24. The molecular weight excluding hydrogens is 396 g/mol. The summed E-state index contributed by atoms with van der Waals surface area (Å²) in [5.41, 5.74) is 2.49. The number of carbonyl (C=O) groups excluding carboxylic acids is 2. The van der Waals surface area contributed by atoms with Gasteiger partial charge >= 0.3 is 5.97 Å². The third-order valence-corrected chi connectivity index (χ3v) is 5.27. The van der Waals surface area contributed by atoms with Gasteiger partial charge in [0.15, 0.2) is 12.3 Å². The molecule has 2 aromatic heterocycles. The molecule has 0 radical (unpaired) electrons. The molecule has 0 saturated carbocycles. The van der Waals surface area contributed by atoms with E-state index < -0.39 is 5.97 Å². The van der Waals surface area contributed by atoms with Gasteiger partial charge in [0.25, 0.3) is 5.91 Å². The second kappa shape index (κ2) is 8.85. The Kier molecular flexibility index (Phi) is 5.99. The number of hydrogen-bond acceptors (Lipinski definition) is 6. The predicted octanol–water partition coefficient (Wildman–Crippen LogP) is 3.08. The number of benzene rings is 1. The highest BCUT2D eigenvalue weighted by molar-refractivity contribution is 6.04. The van der Waals surface area contributed by atoms with Gasteiger partial charge in [-0.3, -0.25) is 4.79 Å². The summed E-state index contributed by atoms with van der Waals surface area (Å²) in [6.07, 6.45) is 1.60. The number of pyridine rings is 1. The number of nitrogens with zero attached hydrogens (tertiary/aromatic N) is 4. The molecule has 1 amide bonds. The molecule has 1 aliphatic rings. The van der Waals surface area contributed by atoms with E-state index in [1.54, 1.807) is 21.8 Å². The van der Waals surface area contributed by atoms with E-state index in [-0.39, 0.29) is 24.7 Å². The van der Waals surface area contributed by atoms with Gasteiger partial charge in [0.1, 0.15) is 0 Å². The number of amides is 1. The maximum atomic E-state index is 13.0. The van der Waals surface area contributed by atoms with Crippen molar-refractivity contribution in [2.24, 2.45) is 0 Å². The zero-order valence-electron chi connectivity index (χ0n) is 17.9. The van der Waals surface area contributed by atoms with Crippen molar-refractivity contribution in [1.29, 1.82) is 0 Å². The number of aromatic nitrogens is 3. The molecule has 31 heavy (non-hydrogen) atoms. The van der Waals surface area contributed by atoms with Crippen molar-refractivity contribution in [3.63, 3.8) is 0 Å². The number of fused-ring (bicyclic) bond motifs is 1. The first-order valence-corrected chi connectivity index (χ1v) is 10.4. The molecule has 4 rings (SSSR count). The lowest BCUT2D eigenvalue weighted by molar-refractivity contribution is -0.141. The number of carbonyl (C=O) groups is 2. The van der Waals surface area contributed by atoms with Crippen molar-refractivity contribution in [3.8, 4) is 11.3 Å².